The quantitative estimate of drug-likeness (QED) is 0.296. The van der Waals surface area contributed by atoms with E-state index < -0.39 is 0 Å². The van der Waals surface area contributed by atoms with Gasteiger partial charge in [-0.1, -0.05) is 42.0 Å². The summed E-state index contributed by atoms with van der Waals surface area (Å²) in [6, 6.07) is 22.4. The number of rotatable bonds is 10. The van der Waals surface area contributed by atoms with E-state index in [9.17, 15) is 0 Å². The summed E-state index contributed by atoms with van der Waals surface area (Å²) in [5, 5.41) is 16.8. The van der Waals surface area contributed by atoms with Gasteiger partial charge in [-0.3, -0.25) is 0 Å². The molecule has 0 spiro atoms. The number of hydrogen-bond donors (Lipinski definition) is 2. The second-order valence-electron chi connectivity index (χ2n) is 8.40. The van der Waals surface area contributed by atoms with Gasteiger partial charge in [0.1, 0.15) is 0 Å². The summed E-state index contributed by atoms with van der Waals surface area (Å²) < 4.78 is 13.3. The minimum absolute atomic E-state index is 0.222. The highest BCUT2D eigenvalue weighted by Crippen LogP contribution is 2.29. The molecule has 178 valence electrons. The molecule has 8 nitrogen and oxygen atoms in total. The van der Waals surface area contributed by atoms with Crippen LogP contribution in [0, 0.1) is 6.92 Å². The predicted octanol–water partition coefficient (Wildman–Crippen LogP) is 4.37. The van der Waals surface area contributed by atoms with E-state index in [0.29, 0.717) is 17.3 Å². The smallest absolute Gasteiger partial charge is 0.194 e. The van der Waals surface area contributed by atoms with Crippen LogP contribution in [0.5, 0.6) is 11.5 Å². The molecular weight excluding hydrogens is 440 g/mol. The highest BCUT2D eigenvalue weighted by molar-refractivity contribution is 5.83. The number of aromatic nitrogens is 5. The molecule has 0 radical (unpaired) electrons. The van der Waals surface area contributed by atoms with Crippen LogP contribution in [0.2, 0.25) is 0 Å². The number of fused-ring (bicyclic) bond motifs is 1. The largest absolute Gasteiger partial charge is 0.493 e. The van der Waals surface area contributed by atoms with Crippen LogP contribution in [0.1, 0.15) is 22.5 Å². The van der Waals surface area contributed by atoms with Gasteiger partial charge in [0.15, 0.2) is 23.9 Å². The van der Waals surface area contributed by atoms with E-state index >= 15 is 0 Å². The van der Waals surface area contributed by atoms with Crippen molar-refractivity contribution in [1.29, 1.82) is 0 Å². The molecule has 0 amide bonds. The minimum Gasteiger partial charge on any atom is -0.493 e. The maximum atomic E-state index is 6.02. The molecule has 0 bridgehead atoms. The van der Waals surface area contributed by atoms with E-state index in [-0.39, 0.29) is 6.61 Å². The highest BCUT2D eigenvalue weighted by Gasteiger charge is 2.12. The predicted molar refractivity (Wildman–Crippen MR) is 135 cm³/mol. The second-order valence-corrected chi connectivity index (χ2v) is 8.40. The minimum atomic E-state index is 0.222. The first-order valence-corrected chi connectivity index (χ1v) is 11.6. The number of nitrogens with zero attached hydrogens (tertiary/aromatic N) is 4. The number of methoxy groups -OCH3 is 1. The third-order valence-electron chi connectivity index (χ3n) is 5.97. The standard InChI is InChI=1S/C27H28N6O2/c1-19-7-10-22(11-8-19)33-27(30-31-32-33)18-35-25-12-9-20(15-26(25)34-2)16-28-14-13-21-17-29-24-6-4-3-5-23(21)24/h3-12,15,17,28-29H,13-14,16,18H2,1-2H3. The number of H-pyrrole nitrogens is 1. The van der Waals surface area contributed by atoms with Gasteiger partial charge >= 0.3 is 0 Å². The van der Waals surface area contributed by atoms with Crippen LogP contribution in [0.3, 0.4) is 0 Å². The zero-order valence-corrected chi connectivity index (χ0v) is 19.9. The van der Waals surface area contributed by atoms with Crippen molar-refractivity contribution < 1.29 is 9.47 Å². The number of tetrazole rings is 1. The van der Waals surface area contributed by atoms with Gasteiger partial charge in [0.25, 0.3) is 0 Å². The van der Waals surface area contributed by atoms with E-state index in [2.05, 4.69) is 50.2 Å². The Kier molecular flexibility index (Phi) is 6.72. The Hall–Kier alpha value is -4.17. The number of hydrogen-bond acceptors (Lipinski definition) is 6. The van der Waals surface area contributed by atoms with Gasteiger partial charge in [-0.05, 0) is 71.8 Å². The first-order valence-electron chi connectivity index (χ1n) is 11.6. The van der Waals surface area contributed by atoms with Crippen LogP contribution in [-0.4, -0.2) is 38.8 Å². The topological polar surface area (TPSA) is 89.9 Å². The molecule has 2 heterocycles. The van der Waals surface area contributed by atoms with Crippen molar-refractivity contribution in [3.8, 4) is 17.2 Å². The molecule has 5 rings (SSSR count). The number of nitrogens with one attached hydrogen (secondary N) is 2. The lowest BCUT2D eigenvalue weighted by Gasteiger charge is -2.13. The van der Waals surface area contributed by atoms with Crippen molar-refractivity contribution in [3.63, 3.8) is 0 Å². The fourth-order valence-corrected chi connectivity index (χ4v) is 4.06. The summed E-state index contributed by atoms with van der Waals surface area (Å²) in [6.45, 7) is 3.89. The van der Waals surface area contributed by atoms with Crippen molar-refractivity contribution in [1.82, 2.24) is 30.5 Å². The number of para-hydroxylation sites is 1. The molecule has 0 atom stereocenters. The van der Waals surface area contributed by atoms with Gasteiger partial charge in [-0.15, -0.1) is 5.10 Å². The maximum absolute atomic E-state index is 6.02. The lowest BCUT2D eigenvalue weighted by Crippen LogP contribution is -2.16. The molecule has 0 saturated heterocycles. The van der Waals surface area contributed by atoms with E-state index in [1.54, 1.807) is 11.8 Å². The average molecular weight is 469 g/mol. The van der Waals surface area contributed by atoms with E-state index in [4.69, 9.17) is 9.47 Å². The van der Waals surface area contributed by atoms with E-state index in [0.717, 1.165) is 30.8 Å². The molecule has 0 saturated carbocycles. The Morgan fingerprint density at radius 1 is 1.00 bits per heavy atom. The number of benzene rings is 3. The van der Waals surface area contributed by atoms with E-state index in [1.807, 2.05) is 55.5 Å². The molecular formula is C27H28N6O2. The first-order chi connectivity index (χ1) is 17.2. The Labute approximate surface area is 203 Å². The van der Waals surface area contributed by atoms with Gasteiger partial charge in [-0.25, -0.2) is 0 Å². The maximum Gasteiger partial charge on any atom is 0.194 e. The summed E-state index contributed by atoms with van der Waals surface area (Å²) in [5.41, 5.74) is 5.69. The van der Waals surface area contributed by atoms with Crippen LogP contribution in [0.15, 0.2) is 72.9 Å². The summed E-state index contributed by atoms with van der Waals surface area (Å²) >= 11 is 0. The van der Waals surface area contributed by atoms with Crippen molar-refractivity contribution in [2.24, 2.45) is 0 Å². The fraction of sp³-hybridized carbons (Fsp3) is 0.222. The van der Waals surface area contributed by atoms with E-state index in [1.165, 1.54) is 22.0 Å². The molecule has 35 heavy (non-hydrogen) atoms. The molecule has 5 aromatic rings. The van der Waals surface area contributed by atoms with Crippen LogP contribution >= 0.6 is 0 Å². The summed E-state index contributed by atoms with van der Waals surface area (Å²) in [6.07, 6.45) is 3.05. The van der Waals surface area contributed by atoms with Gasteiger partial charge in [0.2, 0.25) is 0 Å². The average Bonchev–Trinajstić information content (AvgIpc) is 3.53. The van der Waals surface area contributed by atoms with Gasteiger partial charge in [0, 0.05) is 23.6 Å². The molecule has 0 fully saturated rings. The van der Waals surface area contributed by atoms with Crippen LogP contribution < -0.4 is 14.8 Å². The molecule has 0 unspecified atom stereocenters. The molecule has 0 aliphatic rings. The number of aromatic amines is 1. The van der Waals surface area contributed by atoms with Crippen LogP contribution in [0.25, 0.3) is 16.6 Å². The van der Waals surface area contributed by atoms with Crippen molar-refractivity contribution in [3.05, 3.63) is 95.4 Å². The molecule has 0 aliphatic carbocycles. The van der Waals surface area contributed by atoms with Gasteiger partial charge in [0.05, 0.1) is 12.8 Å². The Balaban J connectivity index is 1.17. The summed E-state index contributed by atoms with van der Waals surface area (Å²) in [4.78, 5) is 3.33. The highest BCUT2D eigenvalue weighted by atomic mass is 16.5. The summed E-state index contributed by atoms with van der Waals surface area (Å²) in [5.74, 6) is 1.93. The Bertz CT molecular complexity index is 1410. The van der Waals surface area contributed by atoms with Gasteiger partial charge in [-0.2, -0.15) is 4.68 Å². The lowest BCUT2D eigenvalue weighted by atomic mass is 10.1. The van der Waals surface area contributed by atoms with Crippen molar-refractivity contribution >= 4 is 10.9 Å². The van der Waals surface area contributed by atoms with Crippen LogP contribution in [-0.2, 0) is 19.6 Å². The zero-order valence-electron chi connectivity index (χ0n) is 19.9. The lowest BCUT2D eigenvalue weighted by molar-refractivity contribution is 0.273. The zero-order chi connectivity index (χ0) is 24.0. The summed E-state index contributed by atoms with van der Waals surface area (Å²) in [7, 11) is 1.65. The third kappa shape index (κ3) is 5.17. The first kappa shape index (κ1) is 22.6. The normalized spacial score (nSPS) is 11.1. The molecule has 2 N–H and O–H groups in total. The number of ether oxygens (including phenoxy) is 2. The Morgan fingerprint density at radius 2 is 1.86 bits per heavy atom. The second kappa shape index (κ2) is 10.4. The van der Waals surface area contributed by atoms with Crippen LogP contribution in [0.4, 0.5) is 0 Å². The Morgan fingerprint density at radius 3 is 2.71 bits per heavy atom. The molecule has 2 aromatic heterocycles. The van der Waals surface area contributed by atoms with Gasteiger partial charge < -0.3 is 19.8 Å². The fourth-order valence-electron chi connectivity index (χ4n) is 4.06. The van der Waals surface area contributed by atoms with Crippen molar-refractivity contribution in [2.75, 3.05) is 13.7 Å². The third-order valence-corrected chi connectivity index (χ3v) is 5.97. The number of aryl methyl sites for hydroxylation is 1. The molecule has 3 aromatic carbocycles. The molecule has 8 heteroatoms. The monoisotopic (exact) mass is 468 g/mol. The SMILES string of the molecule is COc1cc(CNCCc2c[nH]c3ccccc23)ccc1OCc1nnnn1-c1ccc(C)cc1. The van der Waals surface area contributed by atoms with Crippen molar-refractivity contribution in [2.45, 2.75) is 26.5 Å². The molecule has 0 aliphatic heterocycles.